The van der Waals surface area contributed by atoms with Crippen molar-refractivity contribution in [3.63, 3.8) is 0 Å². The Morgan fingerprint density at radius 1 is 1.64 bits per heavy atom. The Hall–Kier alpha value is -1.53. The number of aryl methyl sites for hydroxylation is 1. The van der Waals surface area contributed by atoms with Crippen LogP contribution in [0.3, 0.4) is 0 Å². The molecule has 0 aliphatic carbocycles. The lowest BCUT2D eigenvalue weighted by Gasteiger charge is -1.99. The van der Waals surface area contributed by atoms with Gasteiger partial charge in [0, 0.05) is 12.4 Å². The van der Waals surface area contributed by atoms with Crippen molar-refractivity contribution in [1.29, 1.82) is 0 Å². The van der Waals surface area contributed by atoms with Crippen molar-refractivity contribution in [2.45, 2.75) is 13.0 Å². The highest BCUT2D eigenvalue weighted by Gasteiger charge is 2.11. The Balaban J connectivity index is 2.51. The molecule has 1 unspecified atom stereocenters. The van der Waals surface area contributed by atoms with E-state index in [-0.39, 0.29) is 6.61 Å². The number of nitrogens with two attached hydrogens (primary N) is 1. The van der Waals surface area contributed by atoms with Crippen LogP contribution >= 0.6 is 0 Å². The molecule has 6 nitrogen and oxygen atoms in total. The average molecular weight is 193 g/mol. The second kappa shape index (κ2) is 3.32. The van der Waals surface area contributed by atoms with E-state index in [4.69, 9.17) is 10.8 Å². The van der Waals surface area contributed by atoms with Crippen LogP contribution in [0.2, 0.25) is 0 Å². The lowest BCUT2D eigenvalue weighted by atomic mass is 10.3. The summed E-state index contributed by atoms with van der Waals surface area (Å²) in [7, 11) is 0. The predicted octanol–water partition coefficient (Wildman–Crippen LogP) is -0.575. The van der Waals surface area contributed by atoms with Gasteiger partial charge in [-0.15, -0.1) is 5.10 Å². The van der Waals surface area contributed by atoms with E-state index < -0.39 is 6.04 Å². The number of rotatable bonds is 2. The highest BCUT2D eigenvalue weighted by molar-refractivity contribution is 5.27. The molecule has 0 spiro atoms. The Bertz CT molecular complexity index is 452. The third-order valence-corrected chi connectivity index (χ3v) is 1.87. The van der Waals surface area contributed by atoms with Crippen LogP contribution < -0.4 is 5.73 Å². The van der Waals surface area contributed by atoms with E-state index in [0.717, 1.165) is 5.56 Å². The molecule has 1 atom stereocenters. The molecule has 2 heterocycles. The largest absolute Gasteiger partial charge is 0.394 e. The number of hydrogen-bond donors (Lipinski definition) is 2. The summed E-state index contributed by atoms with van der Waals surface area (Å²) < 4.78 is 1.56. The van der Waals surface area contributed by atoms with Gasteiger partial charge in [-0.05, 0) is 12.5 Å². The molecule has 14 heavy (non-hydrogen) atoms. The topological polar surface area (TPSA) is 89.3 Å². The summed E-state index contributed by atoms with van der Waals surface area (Å²) in [5, 5.41) is 12.9. The van der Waals surface area contributed by atoms with Crippen LogP contribution in [0.5, 0.6) is 0 Å². The number of hydrogen-bond acceptors (Lipinski definition) is 5. The zero-order valence-corrected chi connectivity index (χ0v) is 7.75. The van der Waals surface area contributed by atoms with E-state index in [2.05, 4.69) is 15.1 Å². The molecule has 2 aromatic rings. The van der Waals surface area contributed by atoms with Gasteiger partial charge in [0.2, 0.25) is 0 Å². The van der Waals surface area contributed by atoms with Crippen LogP contribution in [-0.2, 0) is 0 Å². The lowest BCUT2D eigenvalue weighted by Crippen LogP contribution is -2.16. The maximum absolute atomic E-state index is 8.83. The minimum Gasteiger partial charge on any atom is -0.394 e. The molecular formula is C8H11N5O. The Morgan fingerprint density at radius 2 is 2.43 bits per heavy atom. The first-order valence-electron chi connectivity index (χ1n) is 4.26. The number of aromatic nitrogens is 4. The maximum Gasteiger partial charge on any atom is 0.252 e. The summed E-state index contributed by atoms with van der Waals surface area (Å²) in [5.41, 5.74) is 6.57. The number of aliphatic hydroxyl groups excluding tert-OH is 1. The minimum absolute atomic E-state index is 0.171. The molecule has 2 aromatic heterocycles. The third-order valence-electron chi connectivity index (χ3n) is 1.87. The Kier molecular flexibility index (Phi) is 2.14. The van der Waals surface area contributed by atoms with Crippen molar-refractivity contribution >= 4 is 5.78 Å². The molecule has 0 bridgehead atoms. The van der Waals surface area contributed by atoms with Crippen LogP contribution in [0.4, 0.5) is 0 Å². The minimum atomic E-state index is -0.544. The first-order valence-corrected chi connectivity index (χ1v) is 4.26. The molecular weight excluding hydrogens is 182 g/mol. The van der Waals surface area contributed by atoms with Crippen LogP contribution in [0.1, 0.15) is 17.4 Å². The summed E-state index contributed by atoms with van der Waals surface area (Å²) in [6.07, 6.45) is 3.52. The fraction of sp³-hybridized carbons (Fsp3) is 0.375. The molecule has 0 aromatic carbocycles. The van der Waals surface area contributed by atoms with Crippen molar-refractivity contribution in [3.05, 3.63) is 23.8 Å². The van der Waals surface area contributed by atoms with Gasteiger partial charge in [-0.25, -0.2) is 9.50 Å². The molecule has 0 fully saturated rings. The van der Waals surface area contributed by atoms with Gasteiger partial charge >= 0.3 is 0 Å². The van der Waals surface area contributed by atoms with Gasteiger partial charge in [-0.1, -0.05) is 0 Å². The fourth-order valence-electron chi connectivity index (χ4n) is 1.13. The molecule has 0 saturated heterocycles. The second-order valence-corrected chi connectivity index (χ2v) is 3.13. The molecule has 3 N–H and O–H groups in total. The fourth-order valence-corrected chi connectivity index (χ4v) is 1.13. The van der Waals surface area contributed by atoms with E-state index in [1.807, 2.05) is 13.1 Å². The normalized spacial score (nSPS) is 13.4. The third kappa shape index (κ3) is 1.45. The van der Waals surface area contributed by atoms with E-state index in [9.17, 15) is 0 Å². The van der Waals surface area contributed by atoms with Gasteiger partial charge in [-0.2, -0.15) is 4.98 Å². The van der Waals surface area contributed by atoms with Gasteiger partial charge in [-0.3, -0.25) is 0 Å². The van der Waals surface area contributed by atoms with Gasteiger partial charge in [0.15, 0.2) is 5.82 Å². The van der Waals surface area contributed by atoms with Crippen LogP contribution in [-0.4, -0.2) is 31.3 Å². The molecule has 0 amide bonds. The first kappa shape index (κ1) is 9.04. The van der Waals surface area contributed by atoms with Crippen LogP contribution in [0.15, 0.2) is 12.4 Å². The summed E-state index contributed by atoms with van der Waals surface area (Å²) in [6.45, 7) is 1.75. The average Bonchev–Trinajstić information content (AvgIpc) is 2.59. The van der Waals surface area contributed by atoms with Gasteiger partial charge < -0.3 is 10.8 Å². The summed E-state index contributed by atoms with van der Waals surface area (Å²) >= 11 is 0. The van der Waals surface area contributed by atoms with Crippen molar-refractivity contribution < 1.29 is 5.11 Å². The number of fused-ring (bicyclic) bond motifs is 1. The summed E-state index contributed by atoms with van der Waals surface area (Å²) in [5.74, 6) is 0.903. The number of nitrogens with zero attached hydrogens (tertiary/aromatic N) is 4. The molecule has 2 rings (SSSR count). The van der Waals surface area contributed by atoms with E-state index >= 15 is 0 Å². The monoisotopic (exact) mass is 193 g/mol. The SMILES string of the molecule is Cc1cnc2nc(C(N)CO)nn2c1. The predicted molar refractivity (Wildman–Crippen MR) is 49.5 cm³/mol. The van der Waals surface area contributed by atoms with Gasteiger partial charge in [0.25, 0.3) is 5.78 Å². The van der Waals surface area contributed by atoms with Crippen molar-refractivity contribution in [2.75, 3.05) is 6.61 Å². The van der Waals surface area contributed by atoms with Crippen molar-refractivity contribution in [2.24, 2.45) is 5.73 Å². The first-order chi connectivity index (χ1) is 6.70. The zero-order chi connectivity index (χ0) is 10.1. The molecule has 0 aliphatic rings. The van der Waals surface area contributed by atoms with E-state index in [0.29, 0.717) is 11.6 Å². The molecule has 0 saturated carbocycles. The smallest absolute Gasteiger partial charge is 0.252 e. The van der Waals surface area contributed by atoms with Crippen LogP contribution in [0.25, 0.3) is 5.78 Å². The highest BCUT2D eigenvalue weighted by atomic mass is 16.3. The lowest BCUT2D eigenvalue weighted by molar-refractivity contribution is 0.263. The van der Waals surface area contributed by atoms with Gasteiger partial charge in [0.1, 0.15) is 0 Å². The van der Waals surface area contributed by atoms with Crippen molar-refractivity contribution in [3.8, 4) is 0 Å². The van der Waals surface area contributed by atoms with Crippen molar-refractivity contribution in [1.82, 2.24) is 19.6 Å². The molecule has 74 valence electrons. The highest BCUT2D eigenvalue weighted by Crippen LogP contribution is 2.05. The van der Waals surface area contributed by atoms with Gasteiger partial charge in [0.05, 0.1) is 12.6 Å². The maximum atomic E-state index is 8.83. The molecule has 0 aliphatic heterocycles. The second-order valence-electron chi connectivity index (χ2n) is 3.13. The molecule has 0 radical (unpaired) electrons. The van der Waals surface area contributed by atoms with Crippen LogP contribution in [0, 0.1) is 6.92 Å². The van der Waals surface area contributed by atoms with E-state index in [1.165, 1.54) is 0 Å². The summed E-state index contributed by atoms with van der Waals surface area (Å²) in [4.78, 5) is 8.15. The summed E-state index contributed by atoms with van der Waals surface area (Å²) in [6, 6.07) is -0.544. The van der Waals surface area contributed by atoms with E-state index in [1.54, 1.807) is 10.7 Å². The standard InChI is InChI=1S/C8H11N5O/c1-5-2-10-8-11-7(6(9)4-14)12-13(8)3-5/h2-3,6,14H,4,9H2,1H3. The quantitative estimate of drug-likeness (QED) is 0.666. The molecule has 6 heteroatoms. The zero-order valence-electron chi connectivity index (χ0n) is 7.75. The Labute approximate surface area is 80.4 Å². The Morgan fingerprint density at radius 3 is 3.14 bits per heavy atom. The number of aliphatic hydroxyl groups is 1.